The number of hydrogen-bond acceptors (Lipinski definition) is 5. The molecule has 1 amide bonds. The molecule has 3 rings (SSSR count). The lowest BCUT2D eigenvalue weighted by atomic mass is 10.1. The molecular weight excluding hydrogens is 232 g/mol. The fourth-order valence-electron chi connectivity index (χ4n) is 1.64. The molecule has 4 nitrogen and oxygen atoms in total. The van der Waals surface area contributed by atoms with Crippen LogP contribution < -0.4 is 5.32 Å². The molecule has 0 unspecified atom stereocenters. The minimum Gasteiger partial charge on any atom is -0.348 e. The van der Waals surface area contributed by atoms with E-state index in [1.165, 1.54) is 22.7 Å². The number of rotatable bonds is 0. The minimum atomic E-state index is -0.102. The molecule has 0 saturated heterocycles. The maximum absolute atomic E-state index is 11.7. The zero-order chi connectivity index (χ0) is 10.4. The third-order valence-corrected chi connectivity index (χ3v) is 4.54. The van der Waals surface area contributed by atoms with E-state index in [4.69, 9.17) is 0 Å². The van der Waals surface area contributed by atoms with E-state index in [9.17, 15) is 9.59 Å². The number of hydrogen-bond donors (Lipinski definition) is 1. The first-order valence-electron chi connectivity index (χ1n) is 4.40. The molecule has 15 heavy (non-hydrogen) atoms. The first kappa shape index (κ1) is 8.99. The number of carbonyl (C=O) groups is 2. The van der Waals surface area contributed by atoms with Crippen molar-refractivity contribution in [2.24, 2.45) is 0 Å². The summed E-state index contributed by atoms with van der Waals surface area (Å²) in [5.74, 6) is -0.110. The van der Waals surface area contributed by atoms with Crippen LogP contribution in [0.25, 0.3) is 9.53 Å². The molecule has 0 atom stereocenters. The third-order valence-electron chi connectivity index (χ3n) is 2.33. The molecular formula is C9H6N2O2S2. The molecule has 6 heteroatoms. The number of amides is 1. The fourth-order valence-corrected chi connectivity index (χ4v) is 3.69. The second-order valence-electron chi connectivity index (χ2n) is 3.27. The number of ketones is 1. The smallest absolute Gasteiger partial charge is 0.224 e. The van der Waals surface area contributed by atoms with Gasteiger partial charge in [-0.25, -0.2) is 4.98 Å². The highest BCUT2D eigenvalue weighted by molar-refractivity contribution is 7.38. The summed E-state index contributed by atoms with van der Waals surface area (Å²) in [6, 6.07) is 0. The number of aromatic nitrogens is 1. The zero-order valence-corrected chi connectivity index (χ0v) is 9.20. The Hall–Kier alpha value is -1.27. The Labute approximate surface area is 92.9 Å². The molecule has 2 aromatic heterocycles. The van der Waals surface area contributed by atoms with E-state index in [-0.39, 0.29) is 24.7 Å². The fraction of sp³-hybridized carbons (Fsp3) is 0.222. The van der Waals surface area contributed by atoms with Crippen molar-refractivity contribution in [1.29, 1.82) is 0 Å². The van der Waals surface area contributed by atoms with E-state index in [1.807, 2.05) is 0 Å². The summed E-state index contributed by atoms with van der Waals surface area (Å²) in [4.78, 5) is 28.0. The van der Waals surface area contributed by atoms with Gasteiger partial charge in [0, 0.05) is 5.56 Å². The van der Waals surface area contributed by atoms with Gasteiger partial charge in [0.05, 0.1) is 28.9 Å². The largest absolute Gasteiger partial charge is 0.348 e. The van der Waals surface area contributed by atoms with Crippen LogP contribution in [0, 0.1) is 0 Å². The summed E-state index contributed by atoms with van der Waals surface area (Å²) < 4.78 is 1.03. The zero-order valence-electron chi connectivity index (χ0n) is 7.57. The Bertz CT molecular complexity index is 570. The van der Waals surface area contributed by atoms with Crippen LogP contribution in [-0.4, -0.2) is 23.2 Å². The van der Waals surface area contributed by atoms with Crippen LogP contribution in [-0.2, 0) is 11.2 Å². The first-order chi connectivity index (χ1) is 7.25. The van der Waals surface area contributed by atoms with Crippen LogP contribution in [0.5, 0.6) is 0 Å². The van der Waals surface area contributed by atoms with Crippen molar-refractivity contribution in [3.63, 3.8) is 0 Å². The first-order valence-corrected chi connectivity index (χ1v) is 6.10. The van der Waals surface area contributed by atoms with Gasteiger partial charge in [-0.1, -0.05) is 0 Å². The Balaban J connectivity index is 2.29. The van der Waals surface area contributed by atoms with Crippen molar-refractivity contribution in [3.05, 3.63) is 16.0 Å². The van der Waals surface area contributed by atoms with E-state index in [0.29, 0.717) is 4.88 Å². The minimum absolute atomic E-state index is 0.00829. The van der Waals surface area contributed by atoms with Gasteiger partial charge in [-0.15, -0.1) is 22.7 Å². The van der Waals surface area contributed by atoms with Gasteiger partial charge >= 0.3 is 0 Å². The number of carbonyl (C=O) groups excluding carboxylic acids is 2. The van der Waals surface area contributed by atoms with Crippen molar-refractivity contribution in [1.82, 2.24) is 10.3 Å². The van der Waals surface area contributed by atoms with E-state index < -0.39 is 0 Å². The number of fused-ring (bicyclic) bond motifs is 3. The molecule has 3 heterocycles. The van der Waals surface area contributed by atoms with Crippen LogP contribution >= 0.6 is 22.7 Å². The maximum atomic E-state index is 11.7. The van der Waals surface area contributed by atoms with E-state index in [2.05, 4.69) is 10.3 Å². The molecule has 1 N–H and O–H groups in total. The molecule has 2 aromatic rings. The third kappa shape index (κ3) is 1.29. The normalized spacial score (nSPS) is 16.3. The van der Waals surface area contributed by atoms with Crippen LogP contribution in [0.15, 0.2) is 5.51 Å². The lowest BCUT2D eigenvalue weighted by Gasteiger charge is -1.95. The van der Waals surface area contributed by atoms with Gasteiger partial charge in [-0.05, 0) is 0 Å². The molecule has 0 spiro atoms. The number of nitrogens with one attached hydrogen (secondary N) is 1. The standard InChI is InChI=1S/C9H6N2O2S2/c12-5-2-10-6(13)1-4-7-9(14-3-11-7)15-8(4)5/h3H,1-2H2,(H,10,13). The predicted molar refractivity (Wildman–Crippen MR) is 58.5 cm³/mol. The summed E-state index contributed by atoms with van der Waals surface area (Å²) in [7, 11) is 0. The summed E-state index contributed by atoms with van der Waals surface area (Å²) in [6.45, 7) is 0.111. The molecule has 0 aliphatic carbocycles. The van der Waals surface area contributed by atoms with E-state index >= 15 is 0 Å². The Morgan fingerprint density at radius 1 is 1.40 bits per heavy atom. The monoisotopic (exact) mass is 238 g/mol. The summed E-state index contributed by atoms with van der Waals surface area (Å²) in [5, 5.41) is 2.58. The van der Waals surface area contributed by atoms with Crippen LogP contribution in [0.3, 0.4) is 0 Å². The maximum Gasteiger partial charge on any atom is 0.224 e. The van der Waals surface area contributed by atoms with Gasteiger partial charge in [0.2, 0.25) is 5.91 Å². The Kier molecular flexibility index (Phi) is 1.86. The summed E-state index contributed by atoms with van der Waals surface area (Å²) in [5.41, 5.74) is 3.37. The van der Waals surface area contributed by atoms with Crippen LogP contribution in [0.1, 0.15) is 15.2 Å². The highest BCUT2D eigenvalue weighted by atomic mass is 32.2. The van der Waals surface area contributed by atoms with Gasteiger partial charge in [0.15, 0.2) is 5.78 Å². The molecule has 0 radical (unpaired) electrons. The highest BCUT2D eigenvalue weighted by Gasteiger charge is 2.25. The molecule has 0 bridgehead atoms. The molecule has 0 fully saturated rings. The Morgan fingerprint density at radius 3 is 3.13 bits per heavy atom. The molecule has 0 saturated carbocycles. The summed E-state index contributed by atoms with van der Waals surface area (Å²) in [6.07, 6.45) is 0.269. The van der Waals surface area contributed by atoms with Gasteiger partial charge in [0.25, 0.3) is 0 Å². The predicted octanol–water partition coefficient (Wildman–Crippen LogP) is 1.21. The van der Waals surface area contributed by atoms with Gasteiger partial charge in [-0.3, -0.25) is 9.59 Å². The number of Topliss-reactive ketones (excluding diaryl/α,β-unsaturated/α-hetero) is 1. The van der Waals surface area contributed by atoms with Gasteiger partial charge in [0.1, 0.15) is 4.01 Å². The average Bonchev–Trinajstić information content (AvgIpc) is 2.74. The van der Waals surface area contributed by atoms with Crippen molar-refractivity contribution in [2.75, 3.05) is 6.54 Å². The number of thiophene rings is 1. The molecule has 1 aliphatic rings. The van der Waals surface area contributed by atoms with Crippen molar-refractivity contribution >= 4 is 43.9 Å². The van der Waals surface area contributed by atoms with Crippen molar-refractivity contribution < 1.29 is 9.59 Å². The summed E-state index contributed by atoms with van der Waals surface area (Å²) >= 11 is 2.96. The van der Waals surface area contributed by atoms with Crippen LogP contribution in [0.4, 0.5) is 0 Å². The SMILES string of the molecule is O=C1Cc2c(sc3scnc23)C(=O)CN1. The van der Waals surface area contributed by atoms with Gasteiger partial charge < -0.3 is 5.32 Å². The topological polar surface area (TPSA) is 59.1 Å². The average molecular weight is 238 g/mol. The van der Waals surface area contributed by atoms with Gasteiger partial charge in [-0.2, -0.15) is 0 Å². The van der Waals surface area contributed by atoms with E-state index in [0.717, 1.165) is 15.1 Å². The Morgan fingerprint density at radius 2 is 2.27 bits per heavy atom. The molecule has 1 aliphatic heterocycles. The lowest BCUT2D eigenvalue weighted by molar-refractivity contribution is -0.120. The highest BCUT2D eigenvalue weighted by Crippen LogP contribution is 2.34. The quantitative estimate of drug-likeness (QED) is 0.750. The van der Waals surface area contributed by atoms with E-state index in [1.54, 1.807) is 5.51 Å². The van der Waals surface area contributed by atoms with Crippen LogP contribution in [0.2, 0.25) is 0 Å². The second kappa shape index (κ2) is 3.11. The lowest BCUT2D eigenvalue weighted by Crippen LogP contribution is -2.27. The van der Waals surface area contributed by atoms with Crippen molar-refractivity contribution in [3.8, 4) is 0 Å². The number of thiazole rings is 1. The molecule has 76 valence electrons. The molecule has 0 aromatic carbocycles. The second-order valence-corrected chi connectivity index (χ2v) is 5.41. The van der Waals surface area contributed by atoms with Crippen molar-refractivity contribution in [2.45, 2.75) is 6.42 Å². The number of nitrogens with zero attached hydrogens (tertiary/aromatic N) is 1.